The summed E-state index contributed by atoms with van der Waals surface area (Å²) in [6, 6.07) is 4.44. The van der Waals surface area contributed by atoms with E-state index in [1.807, 2.05) is 0 Å². The van der Waals surface area contributed by atoms with Crippen LogP contribution >= 0.6 is 0 Å². The molecule has 0 bridgehead atoms. The third kappa shape index (κ3) is 3.47. The third-order valence-electron chi connectivity index (χ3n) is 3.32. The molecule has 1 heterocycles. The second kappa shape index (κ2) is 6.51. The van der Waals surface area contributed by atoms with E-state index in [2.05, 4.69) is 11.8 Å². The molecule has 0 aliphatic carbocycles. The fourth-order valence-corrected chi connectivity index (χ4v) is 2.16. The fourth-order valence-electron chi connectivity index (χ4n) is 2.16. The molecule has 1 N–H and O–H groups in total. The minimum atomic E-state index is -0.494. The van der Waals surface area contributed by atoms with Crippen LogP contribution in [-0.2, 0) is 16.1 Å². The maximum atomic E-state index is 14.0. The quantitative estimate of drug-likeness (QED) is 0.677. The van der Waals surface area contributed by atoms with Crippen LogP contribution in [-0.4, -0.2) is 28.4 Å². The Kier molecular flexibility index (Phi) is 4.71. The normalized spacial score (nSPS) is 17.9. The van der Waals surface area contributed by atoms with Crippen LogP contribution < -0.4 is 0 Å². The Morgan fingerprint density at radius 2 is 2.19 bits per heavy atom. The van der Waals surface area contributed by atoms with E-state index >= 15 is 0 Å². The second-order valence-electron chi connectivity index (χ2n) is 5.00. The molecule has 1 fully saturated rings. The van der Waals surface area contributed by atoms with Crippen molar-refractivity contribution in [3.63, 3.8) is 0 Å². The zero-order valence-corrected chi connectivity index (χ0v) is 11.7. The number of hydrogen-bond acceptors (Lipinski definition) is 3. The number of likely N-dealkylation sites (tertiary alicyclic amines) is 1. The number of halogens is 1. The monoisotopic (exact) mass is 289 g/mol. The molecular weight excluding hydrogens is 273 g/mol. The summed E-state index contributed by atoms with van der Waals surface area (Å²) in [5, 5.41) is 8.63. The molecule has 0 radical (unpaired) electrons. The largest absolute Gasteiger partial charge is 0.395 e. The van der Waals surface area contributed by atoms with Gasteiger partial charge in [-0.25, -0.2) is 4.39 Å². The topological polar surface area (TPSA) is 57.6 Å². The van der Waals surface area contributed by atoms with Gasteiger partial charge < -0.3 is 5.11 Å². The smallest absolute Gasteiger partial charge is 0.232 e. The van der Waals surface area contributed by atoms with Crippen LogP contribution in [0.2, 0.25) is 0 Å². The number of imide groups is 1. The molecule has 21 heavy (non-hydrogen) atoms. The summed E-state index contributed by atoms with van der Waals surface area (Å²) in [5.41, 5.74) is 0.788. The molecule has 1 unspecified atom stereocenters. The summed E-state index contributed by atoms with van der Waals surface area (Å²) >= 11 is 0. The van der Waals surface area contributed by atoms with Gasteiger partial charge in [0.1, 0.15) is 5.82 Å². The van der Waals surface area contributed by atoms with Crippen molar-refractivity contribution < 1.29 is 19.1 Å². The van der Waals surface area contributed by atoms with Gasteiger partial charge in [-0.05, 0) is 12.1 Å². The summed E-state index contributed by atoms with van der Waals surface area (Å²) in [6.45, 7) is 1.61. The number of benzene rings is 1. The minimum absolute atomic E-state index is 0.0368. The summed E-state index contributed by atoms with van der Waals surface area (Å²) in [7, 11) is 0. The standard InChI is InChI=1S/C16H16FNO3/c1-11-8-15(20)18(16(11)21)10-13-6-5-12(9-14(13)17)4-2-3-7-19/h5-6,9,11,19H,3,7-8,10H2,1H3. The Balaban J connectivity index is 2.13. The highest BCUT2D eigenvalue weighted by molar-refractivity contribution is 6.03. The van der Waals surface area contributed by atoms with Crippen molar-refractivity contribution in [3.8, 4) is 11.8 Å². The predicted octanol–water partition coefficient (Wildman–Crippen LogP) is 1.45. The van der Waals surface area contributed by atoms with E-state index in [9.17, 15) is 14.0 Å². The van der Waals surface area contributed by atoms with Gasteiger partial charge in [-0.2, -0.15) is 0 Å². The van der Waals surface area contributed by atoms with Gasteiger partial charge in [0.05, 0.1) is 13.2 Å². The first-order valence-corrected chi connectivity index (χ1v) is 6.75. The van der Waals surface area contributed by atoms with Crippen LogP contribution in [0, 0.1) is 23.6 Å². The zero-order valence-electron chi connectivity index (χ0n) is 11.7. The van der Waals surface area contributed by atoms with Gasteiger partial charge >= 0.3 is 0 Å². The van der Waals surface area contributed by atoms with E-state index in [1.165, 1.54) is 12.1 Å². The first kappa shape index (κ1) is 15.2. The van der Waals surface area contributed by atoms with Crippen LogP contribution in [0.25, 0.3) is 0 Å². The molecule has 2 amide bonds. The zero-order chi connectivity index (χ0) is 15.4. The number of rotatable bonds is 3. The van der Waals surface area contributed by atoms with E-state index in [1.54, 1.807) is 13.0 Å². The summed E-state index contributed by atoms with van der Waals surface area (Å²) < 4.78 is 14.0. The lowest BCUT2D eigenvalue weighted by Crippen LogP contribution is -2.30. The van der Waals surface area contributed by atoms with Crippen LogP contribution in [0.5, 0.6) is 0 Å². The molecule has 0 spiro atoms. The summed E-state index contributed by atoms with van der Waals surface area (Å²) in [4.78, 5) is 24.6. The number of nitrogens with zero attached hydrogens (tertiary/aromatic N) is 1. The minimum Gasteiger partial charge on any atom is -0.395 e. The predicted molar refractivity (Wildman–Crippen MR) is 74.3 cm³/mol. The van der Waals surface area contributed by atoms with E-state index in [0.717, 1.165) is 4.90 Å². The second-order valence-corrected chi connectivity index (χ2v) is 5.00. The van der Waals surface area contributed by atoms with Crippen LogP contribution in [0.1, 0.15) is 30.9 Å². The molecule has 110 valence electrons. The van der Waals surface area contributed by atoms with Gasteiger partial charge in [0.2, 0.25) is 11.8 Å². The van der Waals surface area contributed by atoms with Crippen molar-refractivity contribution in [1.82, 2.24) is 4.90 Å². The SMILES string of the molecule is CC1CC(=O)N(Cc2ccc(C#CCCO)cc2F)C1=O. The Labute approximate surface area is 122 Å². The van der Waals surface area contributed by atoms with Crippen molar-refractivity contribution in [2.45, 2.75) is 26.3 Å². The lowest BCUT2D eigenvalue weighted by Gasteiger charge is -2.14. The lowest BCUT2D eigenvalue weighted by molar-refractivity contribution is -0.139. The van der Waals surface area contributed by atoms with E-state index in [4.69, 9.17) is 5.11 Å². The highest BCUT2D eigenvalue weighted by Crippen LogP contribution is 2.22. The van der Waals surface area contributed by atoms with Gasteiger partial charge in [0.15, 0.2) is 0 Å². The van der Waals surface area contributed by atoms with Gasteiger partial charge in [0, 0.05) is 29.9 Å². The molecule has 1 aliphatic heterocycles. The Morgan fingerprint density at radius 1 is 1.43 bits per heavy atom. The molecule has 0 aromatic heterocycles. The number of carbonyl (C=O) groups is 2. The van der Waals surface area contributed by atoms with Gasteiger partial charge in [-0.3, -0.25) is 14.5 Å². The molecule has 2 rings (SSSR count). The van der Waals surface area contributed by atoms with Gasteiger partial charge in [0.25, 0.3) is 0 Å². The third-order valence-corrected chi connectivity index (χ3v) is 3.32. The van der Waals surface area contributed by atoms with E-state index in [-0.39, 0.29) is 37.3 Å². The molecule has 4 nitrogen and oxygen atoms in total. The highest BCUT2D eigenvalue weighted by Gasteiger charge is 2.35. The number of aliphatic hydroxyl groups excluding tert-OH is 1. The molecule has 1 aromatic carbocycles. The van der Waals surface area contributed by atoms with Gasteiger partial charge in [-0.1, -0.05) is 24.8 Å². The van der Waals surface area contributed by atoms with E-state index < -0.39 is 5.82 Å². The number of amides is 2. The van der Waals surface area contributed by atoms with Crippen molar-refractivity contribution in [1.29, 1.82) is 0 Å². The van der Waals surface area contributed by atoms with Crippen molar-refractivity contribution >= 4 is 11.8 Å². The van der Waals surface area contributed by atoms with Crippen molar-refractivity contribution in [2.75, 3.05) is 6.61 Å². The van der Waals surface area contributed by atoms with Crippen molar-refractivity contribution in [2.24, 2.45) is 5.92 Å². The first-order chi connectivity index (χ1) is 10.0. The first-order valence-electron chi connectivity index (χ1n) is 6.75. The Hall–Kier alpha value is -2.19. The fraction of sp³-hybridized carbons (Fsp3) is 0.375. The Morgan fingerprint density at radius 3 is 2.76 bits per heavy atom. The molecule has 1 atom stereocenters. The average Bonchev–Trinajstić information content (AvgIpc) is 2.68. The van der Waals surface area contributed by atoms with Gasteiger partial charge in [-0.15, -0.1) is 0 Å². The summed E-state index contributed by atoms with van der Waals surface area (Å²) in [5.74, 6) is 4.09. The number of hydrogen-bond donors (Lipinski definition) is 1. The van der Waals surface area contributed by atoms with E-state index in [0.29, 0.717) is 17.5 Å². The molecular formula is C16H16FNO3. The maximum absolute atomic E-state index is 14.0. The molecule has 0 saturated carbocycles. The molecule has 1 aliphatic rings. The highest BCUT2D eigenvalue weighted by atomic mass is 19.1. The summed E-state index contributed by atoms with van der Waals surface area (Å²) in [6.07, 6.45) is 0.517. The molecule has 5 heteroatoms. The lowest BCUT2D eigenvalue weighted by atomic mass is 10.1. The number of aliphatic hydroxyl groups is 1. The van der Waals surface area contributed by atoms with Crippen LogP contribution in [0.4, 0.5) is 4.39 Å². The van der Waals surface area contributed by atoms with Crippen LogP contribution in [0.3, 0.4) is 0 Å². The van der Waals surface area contributed by atoms with Crippen LogP contribution in [0.15, 0.2) is 18.2 Å². The average molecular weight is 289 g/mol. The molecule has 1 saturated heterocycles. The van der Waals surface area contributed by atoms with Crippen molar-refractivity contribution in [3.05, 3.63) is 35.1 Å². The molecule has 1 aromatic rings. The Bertz CT molecular complexity index is 630. The maximum Gasteiger partial charge on any atom is 0.232 e. The number of carbonyl (C=O) groups excluding carboxylic acids is 2.